The fraction of sp³-hybridized carbons (Fsp3) is 0.176. The van der Waals surface area contributed by atoms with Gasteiger partial charge in [0.2, 0.25) is 0 Å². The van der Waals surface area contributed by atoms with Crippen LogP contribution < -0.4 is 5.32 Å². The van der Waals surface area contributed by atoms with Crippen LogP contribution in [0.2, 0.25) is 10.0 Å². The molecule has 0 bridgehead atoms. The van der Waals surface area contributed by atoms with Crippen LogP contribution >= 0.6 is 23.2 Å². The summed E-state index contributed by atoms with van der Waals surface area (Å²) in [7, 11) is -3.51. The molecule has 3 aromatic rings. The van der Waals surface area contributed by atoms with Crippen molar-refractivity contribution in [1.82, 2.24) is 25.1 Å². The van der Waals surface area contributed by atoms with E-state index in [0.29, 0.717) is 16.7 Å². The first-order valence-electron chi connectivity index (χ1n) is 7.98. The van der Waals surface area contributed by atoms with Gasteiger partial charge >= 0.3 is 0 Å². The van der Waals surface area contributed by atoms with E-state index in [1.807, 2.05) is 0 Å². The van der Waals surface area contributed by atoms with E-state index < -0.39 is 21.8 Å². The molecule has 2 aromatic heterocycles. The van der Waals surface area contributed by atoms with E-state index in [1.165, 1.54) is 35.4 Å². The summed E-state index contributed by atoms with van der Waals surface area (Å²) in [5.74, 6) is 0.423. The third-order valence-electron chi connectivity index (χ3n) is 3.80. The quantitative estimate of drug-likeness (QED) is 0.654. The normalized spacial score (nSPS) is 12.6. The molecule has 1 amide bonds. The minimum Gasteiger partial charge on any atom is -0.342 e. The van der Waals surface area contributed by atoms with E-state index in [2.05, 4.69) is 20.4 Å². The number of benzene rings is 1. The number of halogens is 2. The molecular formula is C17H15Cl2N5O3S. The van der Waals surface area contributed by atoms with Crippen molar-refractivity contribution in [3.63, 3.8) is 0 Å². The number of hydrogen-bond acceptors (Lipinski definition) is 6. The standard InChI is InChI=1S/C17H15Cl2N5O3S/c1-10(16-21-9-22-24(16)15-4-3-12(18)8-20-15)23-17(25)11-5-13(19)7-14(6-11)28(2,26)27/h3-10H,1-2H3,(H,23,25)/t10-/m1/s1. The summed E-state index contributed by atoms with van der Waals surface area (Å²) in [5.41, 5.74) is 0.121. The Labute approximate surface area is 171 Å². The van der Waals surface area contributed by atoms with Gasteiger partial charge in [0.15, 0.2) is 21.5 Å². The average Bonchev–Trinajstić information content (AvgIpc) is 3.11. The second-order valence-electron chi connectivity index (χ2n) is 6.01. The van der Waals surface area contributed by atoms with Gasteiger partial charge in [-0.1, -0.05) is 23.2 Å². The van der Waals surface area contributed by atoms with Gasteiger partial charge in [-0.2, -0.15) is 9.78 Å². The molecule has 3 rings (SSSR count). The van der Waals surface area contributed by atoms with Gasteiger partial charge in [0.1, 0.15) is 6.33 Å². The van der Waals surface area contributed by atoms with Crippen LogP contribution in [-0.2, 0) is 9.84 Å². The zero-order valence-electron chi connectivity index (χ0n) is 14.8. The van der Waals surface area contributed by atoms with Crippen LogP contribution in [0.15, 0.2) is 47.8 Å². The monoisotopic (exact) mass is 439 g/mol. The van der Waals surface area contributed by atoms with Crippen LogP contribution in [0.5, 0.6) is 0 Å². The van der Waals surface area contributed by atoms with Gasteiger partial charge in [0, 0.05) is 23.0 Å². The summed E-state index contributed by atoms with van der Waals surface area (Å²) < 4.78 is 25.0. The highest BCUT2D eigenvalue weighted by Crippen LogP contribution is 2.20. The Hall–Kier alpha value is -2.49. The number of rotatable bonds is 5. The van der Waals surface area contributed by atoms with Crippen LogP contribution in [0.1, 0.15) is 29.1 Å². The van der Waals surface area contributed by atoms with Crippen molar-refractivity contribution in [2.75, 3.05) is 6.26 Å². The van der Waals surface area contributed by atoms with Gasteiger partial charge in [0.25, 0.3) is 5.91 Å². The Bertz CT molecular complexity index is 1130. The number of carbonyl (C=O) groups excluding carboxylic acids is 1. The van der Waals surface area contributed by atoms with Crippen molar-refractivity contribution in [2.45, 2.75) is 17.9 Å². The number of nitrogens with zero attached hydrogens (tertiary/aromatic N) is 4. The molecule has 1 N–H and O–H groups in total. The number of sulfone groups is 1. The Morgan fingerprint density at radius 1 is 1.14 bits per heavy atom. The zero-order chi connectivity index (χ0) is 20.5. The Balaban J connectivity index is 1.86. The molecule has 0 aliphatic heterocycles. The minimum absolute atomic E-state index is 0.0358. The molecule has 146 valence electrons. The molecule has 2 heterocycles. The van der Waals surface area contributed by atoms with Crippen molar-refractivity contribution in [3.8, 4) is 5.82 Å². The third kappa shape index (κ3) is 4.49. The van der Waals surface area contributed by atoms with Gasteiger partial charge in [-0.05, 0) is 37.3 Å². The molecule has 8 nitrogen and oxygen atoms in total. The molecule has 0 radical (unpaired) electrons. The lowest BCUT2D eigenvalue weighted by Gasteiger charge is -2.15. The van der Waals surface area contributed by atoms with Gasteiger partial charge in [-0.25, -0.2) is 18.4 Å². The molecule has 0 aliphatic carbocycles. The van der Waals surface area contributed by atoms with Crippen LogP contribution in [0.3, 0.4) is 0 Å². The summed E-state index contributed by atoms with van der Waals surface area (Å²) in [6.07, 6.45) is 3.87. The second-order valence-corrected chi connectivity index (χ2v) is 8.90. The highest BCUT2D eigenvalue weighted by atomic mass is 35.5. The number of carbonyl (C=O) groups is 1. The topological polar surface area (TPSA) is 107 Å². The minimum atomic E-state index is -3.51. The molecule has 0 saturated heterocycles. The first kappa shape index (κ1) is 20.2. The molecule has 0 saturated carbocycles. The molecule has 0 unspecified atom stereocenters. The van der Waals surface area contributed by atoms with Crippen molar-refractivity contribution in [3.05, 3.63) is 64.3 Å². The van der Waals surface area contributed by atoms with E-state index in [0.717, 1.165) is 6.26 Å². The summed E-state index contributed by atoms with van der Waals surface area (Å²) in [5, 5.41) is 7.51. The first-order chi connectivity index (χ1) is 13.1. The molecule has 0 spiro atoms. The van der Waals surface area contributed by atoms with Crippen LogP contribution in [0.25, 0.3) is 5.82 Å². The van der Waals surface area contributed by atoms with Crippen molar-refractivity contribution < 1.29 is 13.2 Å². The summed E-state index contributed by atoms with van der Waals surface area (Å²) in [6.45, 7) is 1.72. The highest BCUT2D eigenvalue weighted by Gasteiger charge is 2.20. The van der Waals surface area contributed by atoms with Crippen molar-refractivity contribution in [1.29, 1.82) is 0 Å². The van der Waals surface area contributed by atoms with Crippen LogP contribution in [0, 0.1) is 0 Å². The number of hydrogen-bond donors (Lipinski definition) is 1. The molecule has 0 fully saturated rings. The lowest BCUT2D eigenvalue weighted by atomic mass is 10.2. The lowest BCUT2D eigenvalue weighted by Crippen LogP contribution is -2.29. The van der Waals surface area contributed by atoms with E-state index >= 15 is 0 Å². The zero-order valence-corrected chi connectivity index (χ0v) is 17.1. The Morgan fingerprint density at radius 2 is 1.89 bits per heavy atom. The second kappa shape index (κ2) is 7.86. The maximum absolute atomic E-state index is 12.6. The smallest absolute Gasteiger partial charge is 0.251 e. The predicted octanol–water partition coefficient (Wildman–Crippen LogP) is 2.86. The number of aromatic nitrogens is 4. The van der Waals surface area contributed by atoms with Gasteiger partial charge in [-0.3, -0.25) is 4.79 Å². The van der Waals surface area contributed by atoms with Gasteiger partial charge in [0.05, 0.1) is 16.0 Å². The molecule has 1 aromatic carbocycles. The Morgan fingerprint density at radius 3 is 2.54 bits per heavy atom. The molecule has 11 heteroatoms. The van der Waals surface area contributed by atoms with E-state index in [1.54, 1.807) is 19.1 Å². The lowest BCUT2D eigenvalue weighted by molar-refractivity contribution is 0.0937. The largest absolute Gasteiger partial charge is 0.342 e. The molecule has 28 heavy (non-hydrogen) atoms. The maximum Gasteiger partial charge on any atom is 0.251 e. The third-order valence-corrected chi connectivity index (χ3v) is 5.33. The SMILES string of the molecule is C[C@@H](NC(=O)c1cc(Cl)cc(S(C)(=O)=O)c1)c1ncnn1-c1ccc(Cl)cn1. The number of pyridine rings is 1. The fourth-order valence-electron chi connectivity index (χ4n) is 2.47. The maximum atomic E-state index is 12.6. The number of nitrogens with one attached hydrogen (secondary N) is 1. The summed E-state index contributed by atoms with van der Waals surface area (Å²) in [6, 6.07) is 6.74. The van der Waals surface area contributed by atoms with Gasteiger partial charge in [-0.15, -0.1) is 0 Å². The highest BCUT2D eigenvalue weighted by molar-refractivity contribution is 7.90. The number of amides is 1. The van der Waals surface area contributed by atoms with Crippen LogP contribution in [-0.4, -0.2) is 40.3 Å². The van der Waals surface area contributed by atoms with Gasteiger partial charge < -0.3 is 5.32 Å². The van der Waals surface area contributed by atoms with Crippen molar-refractivity contribution >= 4 is 38.9 Å². The van der Waals surface area contributed by atoms with Crippen molar-refractivity contribution in [2.24, 2.45) is 0 Å². The van der Waals surface area contributed by atoms with E-state index in [9.17, 15) is 13.2 Å². The average molecular weight is 440 g/mol. The van der Waals surface area contributed by atoms with E-state index in [-0.39, 0.29) is 15.5 Å². The Kier molecular flexibility index (Phi) is 5.69. The summed E-state index contributed by atoms with van der Waals surface area (Å²) >= 11 is 11.8. The molecule has 1 atom stereocenters. The molecular weight excluding hydrogens is 425 g/mol. The molecule has 0 aliphatic rings. The fourth-order valence-corrected chi connectivity index (χ4v) is 3.56. The predicted molar refractivity (Wildman–Crippen MR) is 105 cm³/mol. The van der Waals surface area contributed by atoms with E-state index in [4.69, 9.17) is 23.2 Å². The first-order valence-corrected chi connectivity index (χ1v) is 10.6. The summed E-state index contributed by atoms with van der Waals surface area (Å²) in [4.78, 5) is 20.9. The van der Waals surface area contributed by atoms with Crippen LogP contribution in [0.4, 0.5) is 0 Å².